The van der Waals surface area contributed by atoms with Crippen LogP contribution in [0.5, 0.6) is 5.75 Å². The molecule has 0 aliphatic heterocycles. The van der Waals surface area contributed by atoms with Crippen molar-refractivity contribution in [3.63, 3.8) is 0 Å². The molecule has 0 aromatic heterocycles. The third kappa shape index (κ3) is 5.02. The molecule has 2 aromatic rings. The first-order valence-electron chi connectivity index (χ1n) is 8.12. The highest BCUT2D eigenvalue weighted by Crippen LogP contribution is 2.18. The number of carbonyl (C=O) groups excluding carboxylic acids is 2. The van der Waals surface area contributed by atoms with Crippen LogP contribution in [0.3, 0.4) is 0 Å². The van der Waals surface area contributed by atoms with Crippen molar-refractivity contribution >= 4 is 11.8 Å². The Bertz CT molecular complexity index is 779. The van der Waals surface area contributed by atoms with Gasteiger partial charge in [-0.05, 0) is 42.3 Å². The van der Waals surface area contributed by atoms with Crippen LogP contribution in [-0.4, -0.2) is 25.5 Å². The van der Waals surface area contributed by atoms with Crippen molar-refractivity contribution in [2.24, 2.45) is 0 Å². The van der Waals surface area contributed by atoms with E-state index >= 15 is 0 Å². The fourth-order valence-electron chi connectivity index (χ4n) is 2.40. The molecule has 2 amide bonds. The molecule has 2 aromatic carbocycles. The van der Waals surface area contributed by atoms with Gasteiger partial charge in [-0.15, -0.1) is 0 Å². The molecule has 2 N–H and O–H groups in total. The van der Waals surface area contributed by atoms with Crippen LogP contribution in [0.25, 0.3) is 0 Å². The molecule has 0 aliphatic carbocycles. The van der Waals surface area contributed by atoms with Crippen LogP contribution in [0.4, 0.5) is 8.78 Å². The Labute approximate surface area is 150 Å². The number of halogens is 2. The molecule has 7 heteroatoms. The number of rotatable bonds is 7. The number of nitrogens with one attached hydrogen (secondary N) is 2. The third-order valence-corrected chi connectivity index (χ3v) is 3.69. The van der Waals surface area contributed by atoms with Gasteiger partial charge in [-0.1, -0.05) is 18.2 Å². The highest BCUT2D eigenvalue weighted by Gasteiger charge is 2.23. The molecule has 138 valence electrons. The lowest BCUT2D eigenvalue weighted by molar-refractivity contribution is -0.128. The number of carbonyl (C=O) groups is 2. The molecule has 0 saturated heterocycles. The lowest BCUT2D eigenvalue weighted by atomic mass is 10.0. The van der Waals surface area contributed by atoms with Crippen molar-refractivity contribution in [1.29, 1.82) is 0 Å². The maximum atomic E-state index is 13.5. The minimum absolute atomic E-state index is 0.0313. The van der Waals surface area contributed by atoms with Crippen LogP contribution in [0.2, 0.25) is 0 Å². The summed E-state index contributed by atoms with van der Waals surface area (Å²) in [6.45, 7) is 2.42. The van der Waals surface area contributed by atoms with Crippen LogP contribution in [-0.2, 0) is 16.0 Å². The maximum absolute atomic E-state index is 13.5. The number of likely N-dealkylation sites (N-methyl/N-ethyl adjacent to an activating group) is 1. The second kappa shape index (κ2) is 8.94. The predicted molar refractivity (Wildman–Crippen MR) is 92.6 cm³/mol. The molecule has 26 heavy (non-hydrogen) atoms. The molecule has 2 rings (SSSR count). The van der Waals surface area contributed by atoms with Crippen molar-refractivity contribution in [2.75, 3.05) is 13.7 Å². The Morgan fingerprint density at radius 2 is 1.77 bits per heavy atom. The lowest BCUT2D eigenvalue weighted by Gasteiger charge is -2.18. The first-order valence-corrected chi connectivity index (χ1v) is 8.12. The van der Waals surface area contributed by atoms with E-state index in [1.54, 1.807) is 24.3 Å². The van der Waals surface area contributed by atoms with Crippen LogP contribution in [0.15, 0.2) is 42.5 Å². The summed E-state index contributed by atoms with van der Waals surface area (Å²) in [5.41, 5.74) is 0.884. The van der Waals surface area contributed by atoms with Gasteiger partial charge in [0.2, 0.25) is 11.8 Å². The van der Waals surface area contributed by atoms with Gasteiger partial charge in [0, 0.05) is 7.05 Å². The van der Waals surface area contributed by atoms with Gasteiger partial charge in [-0.3, -0.25) is 9.59 Å². The fourth-order valence-corrected chi connectivity index (χ4v) is 2.40. The SMILES string of the molecule is CCOc1ccc(CC(=O)NC(C(=O)NC)c2ccc(F)c(F)c2)cc1. The summed E-state index contributed by atoms with van der Waals surface area (Å²) in [7, 11) is 1.40. The molecule has 0 saturated carbocycles. The van der Waals surface area contributed by atoms with E-state index < -0.39 is 29.5 Å². The molecular formula is C19H20F2N2O3. The second-order valence-electron chi connectivity index (χ2n) is 5.54. The van der Waals surface area contributed by atoms with E-state index in [9.17, 15) is 18.4 Å². The van der Waals surface area contributed by atoms with Gasteiger partial charge in [0.1, 0.15) is 11.8 Å². The van der Waals surface area contributed by atoms with E-state index in [2.05, 4.69) is 10.6 Å². The largest absolute Gasteiger partial charge is 0.494 e. The first-order chi connectivity index (χ1) is 12.4. The normalized spacial score (nSPS) is 11.5. The van der Waals surface area contributed by atoms with Crippen LogP contribution >= 0.6 is 0 Å². The molecular weight excluding hydrogens is 342 g/mol. The van der Waals surface area contributed by atoms with E-state index in [0.717, 1.165) is 17.7 Å². The zero-order chi connectivity index (χ0) is 19.1. The summed E-state index contributed by atoms with van der Waals surface area (Å²) < 4.78 is 31.9. The van der Waals surface area contributed by atoms with Crippen LogP contribution < -0.4 is 15.4 Å². The molecule has 0 bridgehead atoms. The molecule has 0 fully saturated rings. The number of hydrogen-bond acceptors (Lipinski definition) is 3. The number of benzene rings is 2. The summed E-state index contributed by atoms with van der Waals surface area (Å²) in [6, 6.07) is 8.94. The minimum atomic E-state index is -1.12. The van der Waals surface area contributed by atoms with Crippen molar-refractivity contribution in [1.82, 2.24) is 10.6 Å². The zero-order valence-electron chi connectivity index (χ0n) is 14.5. The number of ether oxygens (including phenoxy) is 1. The Hall–Kier alpha value is -2.96. The van der Waals surface area contributed by atoms with E-state index in [0.29, 0.717) is 12.4 Å². The molecule has 0 heterocycles. The zero-order valence-corrected chi connectivity index (χ0v) is 14.5. The minimum Gasteiger partial charge on any atom is -0.494 e. The number of hydrogen-bond donors (Lipinski definition) is 2. The highest BCUT2D eigenvalue weighted by molar-refractivity contribution is 5.89. The van der Waals surface area contributed by atoms with Gasteiger partial charge in [-0.25, -0.2) is 8.78 Å². The van der Waals surface area contributed by atoms with Crippen LogP contribution in [0, 0.1) is 11.6 Å². The fraction of sp³-hybridized carbons (Fsp3) is 0.263. The first kappa shape index (κ1) is 19.4. The summed E-state index contributed by atoms with van der Waals surface area (Å²) in [5, 5.41) is 4.95. The second-order valence-corrected chi connectivity index (χ2v) is 5.54. The van der Waals surface area contributed by atoms with Crippen molar-refractivity contribution < 1.29 is 23.1 Å². The standard InChI is InChI=1S/C19H20F2N2O3/c1-3-26-14-7-4-12(5-8-14)10-17(24)23-18(19(25)22-2)13-6-9-15(20)16(21)11-13/h4-9,11,18H,3,10H2,1-2H3,(H,22,25)(H,23,24). The average molecular weight is 362 g/mol. The average Bonchev–Trinajstić information content (AvgIpc) is 2.63. The van der Waals surface area contributed by atoms with Gasteiger partial charge in [0.15, 0.2) is 11.6 Å². The summed E-state index contributed by atoms with van der Waals surface area (Å²) >= 11 is 0. The van der Waals surface area contributed by atoms with Gasteiger partial charge < -0.3 is 15.4 Å². The Kier molecular flexibility index (Phi) is 6.66. The van der Waals surface area contributed by atoms with E-state index in [1.807, 2.05) is 6.92 Å². The van der Waals surface area contributed by atoms with E-state index in [4.69, 9.17) is 4.74 Å². The molecule has 1 atom stereocenters. The Morgan fingerprint density at radius 1 is 1.08 bits per heavy atom. The van der Waals surface area contributed by atoms with Gasteiger partial charge >= 0.3 is 0 Å². The molecule has 0 radical (unpaired) electrons. The molecule has 5 nitrogen and oxygen atoms in total. The topological polar surface area (TPSA) is 67.4 Å². The van der Waals surface area contributed by atoms with E-state index in [1.165, 1.54) is 13.1 Å². The smallest absolute Gasteiger partial charge is 0.246 e. The summed E-state index contributed by atoms with van der Waals surface area (Å²) in [6.07, 6.45) is 0.0313. The van der Waals surface area contributed by atoms with Crippen LogP contribution in [0.1, 0.15) is 24.1 Å². The Morgan fingerprint density at radius 3 is 2.35 bits per heavy atom. The van der Waals surface area contributed by atoms with Gasteiger partial charge in [0.25, 0.3) is 0 Å². The van der Waals surface area contributed by atoms with Crippen molar-refractivity contribution in [3.8, 4) is 5.75 Å². The van der Waals surface area contributed by atoms with Crippen molar-refractivity contribution in [2.45, 2.75) is 19.4 Å². The lowest BCUT2D eigenvalue weighted by Crippen LogP contribution is -2.39. The summed E-state index contributed by atoms with van der Waals surface area (Å²) in [5.74, 6) is -2.37. The molecule has 0 spiro atoms. The summed E-state index contributed by atoms with van der Waals surface area (Å²) in [4.78, 5) is 24.3. The monoisotopic (exact) mass is 362 g/mol. The molecule has 0 aliphatic rings. The van der Waals surface area contributed by atoms with Gasteiger partial charge in [-0.2, -0.15) is 0 Å². The quantitative estimate of drug-likeness (QED) is 0.795. The highest BCUT2D eigenvalue weighted by atomic mass is 19.2. The van der Waals surface area contributed by atoms with Crippen molar-refractivity contribution in [3.05, 3.63) is 65.2 Å². The molecule has 1 unspecified atom stereocenters. The number of amides is 2. The maximum Gasteiger partial charge on any atom is 0.246 e. The van der Waals surface area contributed by atoms with Gasteiger partial charge in [0.05, 0.1) is 13.0 Å². The predicted octanol–water partition coefficient (Wildman–Crippen LogP) is 2.51. The third-order valence-electron chi connectivity index (χ3n) is 3.69. The van der Waals surface area contributed by atoms with E-state index in [-0.39, 0.29) is 12.0 Å². The Balaban J connectivity index is 2.10.